The first kappa shape index (κ1) is 14.5. The molecule has 1 heterocycles. The van der Waals surface area contributed by atoms with Crippen LogP contribution in [-0.4, -0.2) is 37.1 Å². The van der Waals surface area contributed by atoms with Crippen LogP contribution in [0.2, 0.25) is 0 Å². The molecule has 2 heteroatoms. The Kier molecular flexibility index (Phi) is 5.87. The lowest BCUT2D eigenvalue weighted by atomic mass is 9.94. The Balaban J connectivity index is 1.74. The maximum absolute atomic E-state index is 3.48. The van der Waals surface area contributed by atoms with Crippen LogP contribution >= 0.6 is 0 Å². The van der Waals surface area contributed by atoms with Gasteiger partial charge in [0.2, 0.25) is 0 Å². The molecule has 0 bridgehead atoms. The maximum atomic E-state index is 3.48. The van der Waals surface area contributed by atoms with Crippen molar-refractivity contribution in [1.29, 1.82) is 0 Å². The first-order valence-electron chi connectivity index (χ1n) is 7.78. The summed E-state index contributed by atoms with van der Waals surface area (Å²) in [6.45, 7) is 9.41. The Labute approximate surface area is 118 Å². The SMILES string of the molecule is CCNCC1CCN(C(C)Cc2ccccc2)CC1. The summed E-state index contributed by atoms with van der Waals surface area (Å²) in [5.74, 6) is 0.889. The fourth-order valence-electron chi connectivity index (χ4n) is 3.03. The van der Waals surface area contributed by atoms with Crippen LogP contribution < -0.4 is 5.32 Å². The molecule has 106 valence electrons. The van der Waals surface area contributed by atoms with Gasteiger partial charge in [0.1, 0.15) is 0 Å². The van der Waals surface area contributed by atoms with Gasteiger partial charge in [-0.1, -0.05) is 37.3 Å². The van der Waals surface area contributed by atoms with E-state index in [1.165, 1.54) is 44.5 Å². The first-order valence-corrected chi connectivity index (χ1v) is 7.78. The summed E-state index contributed by atoms with van der Waals surface area (Å²) in [4.78, 5) is 2.66. The Morgan fingerprint density at radius 3 is 2.53 bits per heavy atom. The summed E-state index contributed by atoms with van der Waals surface area (Å²) < 4.78 is 0. The van der Waals surface area contributed by atoms with Crippen molar-refractivity contribution in [3.8, 4) is 0 Å². The Morgan fingerprint density at radius 1 is 1.21 bits per heavy atom. The average molecular weight is 260 g/mol. The van der Waals surface area contributed by atoms with E-state index in [1.807, 2.05) is 0 Å². The van der Waals surface area contributed by atoms with Crippen molar-refractivity contribution in [2.45, 2.75) is 39.2 Å². The van der Waals surface area contributed by atoms with Gasteiger partial charge in [-0.05, 0) is 63.8 Å². The number of nitrogens with one attached hydrogen (secondary N) is 1. The van der Waals surface area contributed by atoms with Crippen molar-refractivity contribution in [3.63, 3.8) is 0 Å². The van der Waals surface area contributed by atoms with Gasteiger partial charge >= 0.3 is 0 Å². The summed E-state index contributed by atoms with van der Waals surface area (Å²) in [7, 11) is 0. The number of likely N-dealkylation sites (tertiary alicyclic amines) is 1. The zero-order chi connectivity index (χ0) is 13.5. The van der Waals surface area contributed by atoms with Gasteiger partial charge in [0.15, 0.2) is 0 Å². The van der Waals surface area contributed by atoms with Gasteiger partial charge in [-0.3, -0.25) is 0 Å². The molecular formula is C17H28N2. The highest BCUT2D eigenvalue weighted by Crippen LogP contribution is 2.19. The van der Waals surface area contributed by atoms with E-state index >= 15 is 0 Å². The lowest BCUT2D eigenvalue weighted by Gasteiger charge is -2.36. The molecule has 1 aromatic rings. The van der Waals surface area contributed by atoms with Crippen LogP contribution in [0.5, 0.6) is 0 Å². The quantitative estimate of drug-likeness (QED) is 0.846. The van der Waals surface area contributed by atoms with Crippen LogP contribution in [0.25, 0.3) is 0 Å². The molecule has 1 fully saturated rings. The molecule has 1 saturated heterocycles. The van der Waals surface area contributed by atoms with E-state index in [2.05, 4.69) is 54.4 Å². The lowest BCUT2D eigenvalue weighted by molar-refractivity contribution is 0.139. The minimum atomic E-state index is 0.669. The fourth-order valence-corrected chi connectivity index (χ4v) is 3.03. The van der Waals surface area contributed by atoms with Crippen LogP contribution in [0.3, 0.4) is 0 Å². The molecule has 0 spiro atoms. The van der Waals surface area contributed by atoms with Gasteiger partial charge in [0.05, 0.1) is 0 Å². The third-order valence-electron chi connectivity index (χ3n) is 4.33. The molecule has 0 amide bonds. The molecule has 1 aliphatic heterocycles. The second-order valence-corrected chi connectivity index (χ2v) is 5.83. The van der Waals surface area contributed by atoms with E-state index in [0.29, 0.717) is 6.04 Å². The molecule has 0 radical (unpaired) electrons. The van der Waals surface area contributed by atoms with Gasteiger partial charge in [-0.25, -0.2) is 0 Å². The largest absolute Gasteiger partial charge is 0.317 e. The monoisotopic (exact) mass is 260 g/mol. The Bertz CT molecular complexity index is 342. The van der Waals surface area contributed by atoms with Gasteiger partial charge in [-0.2, -0.15) is 0 Å². The van der Waals surface area contributed by atoms with Gasteiger partial charge in [0.25, 0.3) is 0 Å². The minimum Gasteiger partial charge on any atom is -0.317 e. The molecule has 1 unspecified atom stereocenters. The summed E-state index contributed by atoms with van der Waals surface area (Å²) in [5, 5.41) is 3.48. The van der Waals surface area contributed by atoms with E-state index < -0.39 is 0 Å². The topological polar surface area (TPSA) is 15.3 Å². The van der Waals surface area contributed by atoms with Crippen LogP contribution in [0.4, 0.5) is 0 Å². The third-order valence-corrected chi connectivity index (χ3v) is 4.33. The highest BCUT2D eigenvalue weighted by molar-refractivity contribution is 5.15. The van der Waals surface area contributed by atoms with Crippen molar-refractivity contribution in [2.75, 3.05) is 26.2 Å². The summed E-state index contributed by atoms with van der Waals surface area (Å²) in [5.41, 5.74) is 1.46. The van der Waals surface area contributed by atoms with E-state index in [9.17, 15) is 0 Å². The van der Waals surface area contributed by atoms with E-state index in [1.54, 1.807) is 0 Å². The predicted octanol–water partition coefficient (Wildman–Crippen LogP) is 2.94. The normalized spacial score (nSPS) is 19.5. The summed E-state index contributed by atoms with van der Waals surface area (Å²) in [6.07, 6.45) is 3.89. The molecule has 0 aromatic heterocycles. The molecule has 0 saturated carbocycles. The second kappa shape index (κ2) is 7.66. The number of rotatable bonds is 6. The van der Waals surface area contributed by atoms with Crippen molar-refractivity contribution in [3.05, 3.63) is 35.9 Å². The fraction of sp³-hybridized carbons (Fsp3) is 0.647. The third kappa shape index (κ3) is 4.63. The van der Waals surface area contributed by atoms with Crippen LogP contribution in [-0.2, 0) is 6.42 Å². The molecule has 1 aliphatic rings. The summed E-state index contributed by atoms with van der Waals surface area (Å²) >= 11 is 0. The highest BCUT2D eigenvalue weighted by atomic mass is 15.2. The molecular weight excluding hydrogens is 232 g/mol. The lowest BCUT2D eigenvalue weighted by Crippen LogP contribution is -2.42. The Morgan fingerprint density at radius 2 is 1.89 bits per heavy atom. The zero-order valence-corrected chi connectivity index (χ0v) is 12.4. The molecule has 1 aromatic carbocycles. The van der Waals surface area contributed by atoms with Gasteiger partial charge < -0.3 is 10.2 Å². The zero-order valence-electron chi connectivity index (χ0n) is 12.4. The van der Waals surface area contributed by atoms with Gasteiger partial charge in [-0.15, -0.1) is 0 Å². The van der Waals surface area contributed by atoms with Crippen LogP contribution in [0.1, 0.15) is 32.3 Å². The highest BCUT2D eigenvalue weighted by Gasteiger charge is 2.22. The molecule has 2 rings (SSSR count). The van der Waals surface area contributed by atoms with Gasteiger partial charge in [0, 0.05) is 6.04 Å². The van der Waals surface area contributed by atoms with Crippen molar-refractivity contribution in [1.82, 2.24) is 10.2 Å². The summed E-state index contributed by atoms with van der Waals surface area (Å²) in [6, 6.07) is 11.5. The smallest absolute Gasteiger partial charge is 0.0107 e. The molecule has 1 atom stereocenters. The van der Waals surface area contributed by atoms with E-state index in [0.717, 1.165) is 12.5 Å². The number of piperidine rings is 1. The molecule has 2 nitrogen and oxygen atoms in total. The number of benzene rings is 1. The van der Waals surface area contributed by atoms with E-state index in [4.69, 9.17) is 0 Å². The number of hydrogen-bond donors (Lipinski definition) is 1. The van der Waals surface area contributed by atoms with Crippen molar-refractivity contribution in [2.24, 2.45) is 5.92 Å². The van der Waals surface area contributed by atoms with E-state index in [-0.39, 0.29) is 0 Å². The van der Waals surface area contributed by atoms with Crippen molar-refractivity contribution >= 4 is 0 Å². The van der Waals surface area contributed by atoms with Crippen LogP contribution in [0.15, 0.2) is 30.3 Å². The molecule has 0 aliphatic carbocycles. The van der Waals surface area contributed by atoms with Crippen molar-refractivity contribution < 1.29 is 0 Å². The minimum absolute atomic E-state index is 0.669. The van der Waals surface area contributed by atoms with Crippen LogP contribution in [0, 0.1) is 5.92 Å². The molecule has 19 heavy (non-hydrogen) atoms. The second-order valence-electron chi connectivity index (χ2n) is 5.83. The Hall–Kier alpha value is -0.860. The maximum Gasteiger partial charge on any atom is 0.0107 e. The molecule has 1 N–H and O–H groups in total. The number of hydrogen-bond acceptors (Lipinski definition) is 2. The average Bonchev–Trinajstić information content (AvgIpc) is 2.46. The first-order chi connectivity index (χ1) is 9.29. The number of nitrogens with zero attached hydrogens (tertiary/aromatic N) is 1. The predicted molar refractivity (Wildman–Crippen MR) is 82.4 cm³/mol. The standard InChI is InChI=1S/C17H28N2/c1-3-18-14-17-9-11-19(12-10-17)15(2)13-16-7-5-4-6-8-16/h4-8,15,17-18H,3,9-14H2,1-2H3.